The predicted molar refractivity (Wildman–Crippen MR) is 66.3 cm³/mol. The summed E-state index contributed by atoms with van der Waals surface area (Å²) in [6, 6.07) is 0. The van der Waals surface area contributed by atoms with Gasteiger partial charge in [-0.15, -0.1) is 0 Å². The van der Waals surface area contributed by atoms with Crippen LogP contribution in [0.4, 0.5) is 5.69 Å². The Balaban J connectivity index is 2.12. The number of ether oxygens (including phenoxy) is 2. The number of aromatic nitrogens is 2. The van der Waals surface area contributed by atoms with Gasteiger partial charge < -0.3 is 15.2 Å². The molecule has 1 aliphatic heterocycles. The molecule has 0 saturated carbocycles. The van der Waals surface area contributed by atoms with E-state index in [0.29, 0.717) is 36.8 Å². The quantitative estimate of drug-likeness (QED) is 0.817. The summed E-state index contributed by atoms with van der Waals surface area (Å²) in [5.41, 5.74) is 7.31. The zero-order valence-electron chi connectivity index (χ0n) is 10.8. The lowest BCUT2D eigenvalue weighted by Gasteiger charge is -2.22. The molecule has 6 nitrogen and oxygen atoms in total. The number of nitrogens with two attached hydrogens (primary N) is 1. The minimum Gasteiger partial charge on any atom is -0.457 e. The van der Waals surface area contributed by atoms with Gasteiger partial charge in [-0.2, -0.15) is 5.10 Å². The fourth-order valence-electron chi connectivity index (χ4n) is 2.04. The molecule has 0 atom stereocenters. The summed E-state index contributed by atoms with van der Waals surface area (Å²) >= 11 is 0. The van der Waals surface area contributed by atoms with Gasteiger partial charge in [-0.05, 0) is 13.8 Å². The van der Waals surface area contributed by atoms with Gasteiger partial charge in [0, 0.05) is 19.4 Å². The topological polar surface area (TPSA) is 79.4 Å². The van der Waals surface area contributed by atoms with Crippen molar-refractivity contribution in [2.24, 2.45) is 0 Å². The molecule has 0 amide bonds. The molecule has 0 spiro atoms. The minimum absolute atomic E-state index is 0.0776. The highest BCUT2D eigenvalue weighted by molar-refractivity contribution is 5.93. The number of esters is 1. The van der Waals surface area contributed by atoms with E-state index < -0.39 is 0 Å². The molecular formula is C12H19N3O3. The van der Waals surface area contributed by atoms with E-state index in [2.05, 4.69) is 5.10 Å². The average Bonchev–Trinajstić information content (AvgIpc) is 2.66. The second kappa shape index (κ2) is 5.39. The van der Waals surface area contributed by atoms with Gasteiger partial charge in [0.05, 0.1) is 24.6 Å². The molecule has 1 aromatic heterocycles. The Morgan fingerprint density at radius 2 is 2.22 bits per heavy atom. The third-order valence-corrected chi connectivity index (χ3v) is 3.11. The largest absolute Gasteiger partial charge is 0.457 e. The van der Waals surface area contributed by atoms with Crippen molar-refractivity contribution in [2.75, 3.05) is 18.9 Å². The van der Waals surface area contributed by atoms with Crippen molar-refractivity contribution in [3.8, 4) is 0 Å². The molecule has 0 unspecified atom stereocenters. The van der Waals surface area contributed by atoms with E-state index in [1.165, 1.54) is 0 Å². The van der Waals surface area contributed by atoms with Gasteiger partial charge in [-0.3, -0.25) is 4.68 Å². The number of carbonyl (C=O) groups is 1. The van der Waals surface area contributed by atoms with E-state index in [1.807, 2.05) is 6.92 Å². The Labute approximate surface area is 106 Å². The van der Waals surface area contributed by atoms with Crippen LogP contribution in [-0.2, 0) is 16.0 Å². The minimum atomic E-state index is -0.387. The van der Waals surface area contributed by atoms with Gasteiger partial charge in [0.15, 0.2) is 5.69 Å². The van der Waals surface area contributed by atoms with Crippen molar-refractivity contribution in [3.05, 3.63) is 11.4 Å². The van der Waals surface area contributed by atoms with Crippen molar-refractivity contribution < 1.29 is 14.3 Å². The van der Waals surface area contributed by atoms with Crippen LogP contribution >= 0.6 is 0 Å². The highest BCUT2D eigenvalue weighted by Gasteiger charge is 2.24. The van der Waals surface area contributed by atoms with Crippen LogP contribution in [0, 0.1) is 6.92 Å². The summed E-state index contributed by atoms with van der Waals surface area (Å²) < 4.78 is 12.3. The first-order chi connectivity index (χ1) is 8.63. The number of nitrogens with zero attached hydrogens (tertiary/aromatic N) is 2. The maximum Gasteiger partial charge on any atom is 0.359 e. The second-order valence-electron chi connectivity index (χ2n) is 4.38. The second-order valence-corrected chi connectivity index (χ2v) is 4.38. The molecule has 1 fully saturated rings. The van der Waals surface area contributed by atoms with Crippen molar-refractivity contribution >= 4 is 11.7 Å². The van der Waals surface area contributed by atoms with E-state index >= 15 is 0 Å². The Morgan fingerprint density at radius 3 is 2.83 bits per heavy atom. The molecule has 0 bridgehead atoms. The van der Waals surface area contributed by atoms with Crippen LogP contribution in [0.1, 0.15) is 35.9 Å². The highest BCUT2D eigenvalue weighted by atomic mass is 16.6. The van der Waals surface area contributed by atoms with Gasteiger partial charge in [-0.1, -0.05) is 0 Å². The van der Waals surface area contributed by atoms with E-state index in [-0.39, 0.29) is 12.1 Å². The molecule has 1 aromatic rings. The maximum absolute atomic E-state index is 12.1. The van der Waals surface area contributed by atoms with Gasteiger partial charge in [0.25, 0.3) is 0 Å². The predicted octanol–water partition coefficient (Wildman–Crippen LogP) is 1.13. The Morgan fingerprint density at radius 1 is 1.56 bits per heavy atom. The third kappa shape index (κ3) is 2.48. The molecule has 18 heavy (non-hydrogen) atoms. The first-order valence-corrected chi connectivity index (χ1v) is 6.25. The molecule has 0 aliphatic carbocycles. The van der Waals surface area contributed by atoms with Crippen LogP contribution < -0.4 is 5.73 Å². The number of anilines is 1. The highest BCUT2D eigenvalue weighted by Crippen LogP contribution is 2.20. The summed E-state index contributed by atoms with van der Waals surface area (Å²) in [5, 5.41) is 4.21. The van der Waals surface area contributed by atoms with E-state index in [1.54, 1.807) is 11.6 Å². The zero-order valence-corrected chi connectivity index (χ0v) is 10.8. The molecule has 0 radical (unpaired) electrons. The Kier molecular flexibility index (Phi) is 3.86. The lowest BCUT2D eigenvalue weighted by atomic mass is 10.1. The summed E-state index contributed by atoms with van der Waals surface area (Å²) in [4.78, 5) is 12.1. The maximum atomic E-state index is 12.1. The molecule has 1 aliphatic rings. The molecule has 2 N–H and O–H groups in total. The molecule has 6 heteroatoms. The van der Waals surface area contributed by atoms with Crippen LogP contribution in [0.15, 0.2) is 0 Å². The monoisotopic (exact) mass is 253 g/mol. The smallest absolute Gasteiger partial charge is 0.359 e. The van der Waals surface area contributed by atoms with Crippen LogP contribution in [0.5, 0.6) is 0 Å². The number of rotatable bonds is 3. The zero-order chi connectivity index (χ0) is 13.1. The first kappa shape index (κ1) is 12.9. The molecule has 100 valence electrons. The fraction of sp³-hybridized carbons (Fsp3) is 0.667. The summed E-state index contributed by atoms with van der Waals surface area (Å²) in [6.07, 6.45) is 1.40. The van der Waals surface area contributed by atoms with Crippen LogP contribution in [0.25, 0.3) is 0 Å². The van der Waals surface area contributed by atoms with Crippen molar-refractivity contribution in [1.82, 2.24) is 9.78 Å². The van der Waals surface area contributed by atoms with Gasteiger partial charge >= 0.3 is 5.97 Å². The summed E-state index contributed by atoms with van der Waals surface area (Å²) in [7, 11) is 0. The van der Waals surface area contributed by atoms with E-state index in [4.69, 9.17) is 15.2 Å². The van der Waals surface area contributed by atoms with Crippen LogP contribution in [0.3, 0.4) is 0 Å². The van der Waals surface area contributed by atoms with Crippen LogP contribution in [-0.4, -0.2) is 35.1 Å². The fourth-order valence-corrected chi connectivity index (χ4v) is 2.04. The number of aryl methyl sites for hydroxylation is 2. The number of carbonyl (C=O) groups excluding carboxylic acids is 1. The Bertz CT molecular complexity index is 436. The molecule has 2 rings (SSSR count). The average molecular weight is 253 g/mol. The number of nitrogen functional groups attached to an aromatic ring is 1. The van der Waals surface area contributed by atoms with Crippen molar-refractivity contribution in [1.29, 1.82) is 0 Å². The summed E-state index contributed by atoms with van der Waals surface area (Å²) in [6.45, 7) is 5.57. The van der Waals surface area contributed by atoms with Crippen molar-refractivity contribution in [2.45, 2.75) is 39.3 Å². The van der Waals surface area contributed by atoms with Gasteiger partial charge in [0.1, 0.15) is 6.10 Å². The van der Waals surface area contributed by atoms with Gasteiger partial charge in [0.2, 0.25) is 0 Å². The molecule has 2 heterocycles. The van der Waals surface area contributed by atoms with Crippen LogP contribution in [0.2, 0.25) is 0 Å². The standard InChI is InChI=1S/C12H19N3O3/c1-3-15-11(10(13)8(2)14-15)12(16)18-9-4-6-17-7-5-9/h9H,3-7,13H2,1-2H3. The van der Waals surface area contributed by atoms with Crippen molar-refractivity contribution in [3.63, 3.8) is 0 Å². The van der Waals surface area contributed by atoms with E-state index in [0.717, 1.165) is 12.8 Å². The van der Waals surface area contributed by atoms with E-state index in [9.17, 15) is 4.79 Å². The SMILES string of the molecule is CCn1nc(C)c(N)c1C(=O)OC1CCOCC1. The normalized spacial score (nSPS) is 16.8. The van der Waals surface area contributed by atoms with Gasteiger partial charge in [-0.25, -0.2) is 4.79 Å². The third-order valence-electron chi connectivity index (χ3n) is 3.11. The molecule has 0 aromatic carbocycles. The lowest BCUT2D eigenvalue weighted by Crippen LogP contribution is -2.27. The Hall–Kier alpha value is -1.56. The molecular weight excluding hydrogens is 234 g/mol. The molecule has 1 saturated heterocycles. The summed E-state index contributed by atoms with van der Waals surface area (Å²) in [5.74, 6) is -0.387. The first-order valence-electron chi connectivity index (χ1n) is 6.25. The number of hydrogen-bond donors (Lipinski definition) is 1. The lowest BCUT2D eigenvalue weighted by molar-refractivity contribution is -0.0166. The number of hydrogen-bond acceptors (Lipinski definition) is 5.